The largest absolute Gasteiger partial charge is 0.479 e. The Kier molecular flexibility index (Phi) is 1.86. The third-order valence-corrected chi connectivity index (χ3v) is 3.15. The van der Waals surface area contributed by atoms with Gasteiger partial charge in [-0.2, -0.15) is 0 Å². The molecular formula is C13H12ClNO. The first-order chi connectivity index (χ1) is 7.58. The number of ether oxygens (including phenoxy) is 1. The van der Waals surface area contributed by atoms with E-state index >= 15 is 0 Å². The molecule has 0 atom stereocenters. The van der Waals surface area contributed by atoms with Crippen LogP contribution in [0.2, 0.25) is 5.02 Å². The number of nitrogens with zero attached hydrogens (tertiary/aromatic N) is 1. The minimum Gasteiger partial charge on any atom is -0.479 e. The van der Waals surface area contributed by atoms with E-state index in [4.69, 9.17) is 16.3 Å². The standard InChI is InChI=1S/C13H12ClNO/c1-13(2)12-4-3-7-15(12)10-8-9(14)5-6-11(10)16-13/h3-8H,1-2H3. The van der Waals surface area contributed by atoms with E-state index in [0.717, 1.165) is 22.2 Å². The smallest absolute Gasteiger partial charge is 0.144 e. The minimum absolute atomic E-state index is 0.301. The first-order valence-corrected chi connectivity index (χ1v) is 5.62. The Bertz CT molecular complexity index is 557. The molecule has 1 aliphatic heterocycles. The SMILES string of the molecule is CC1(C)Oc2ccc(Cl)cc2-n2cccc21. The summed E-state index contributed by atoms with van der Waals surface area (Å²) in [6.07, 6.45) is 2.04. The van der Waals surface area contributed by atoms with Crippen molar-refractivity contribution in [3.63, 3.8) is 0 Å². The summed E-state index contributed by atoms with van der Waals surface area (Å²) in [5, 5.41) is 0.724. The Balaban J connectivity index is 2.31. The molecule has 2 heterocycles. The summed E-state index contributed by atoms with van der Waals surface area (Å²) >= 11 is 6.01. The van der Waals surface area contributed by atoms with Crippen LogP contribution in [0.5, 0.6) is 5.75 Å². The van der Waals surface area contributed by atoms with Crippen molar-refractivity contribution >= 4 is 11.6 Å². The van der Waals surface area contributed by atoms with E-state index in [1.165, 1.54) is 0 Å². The van der Waals surface area contributed by atoms with Gasteiger partial charge in [-0.3, -0.25) is 0 Å². The normalized spacial score (nSPS) is 16.2. The molecule has 0 amide bonds. The predicted molar refractivity (Wildman–Crippen MR) is 64.4 cm³/mol. The maximum Gasteiger partial charge on any atom is 0.144 e. The van der Waals surface area contributed by atoms with Crippen molar-refractivity contribution < 1.29 is 4.74 Å². The lowest BCUT2D eigenvalue weighted by Crippen LogP contribution is -2.32. The fourth-order valence-corrected chi connectivity index (χ4v) is 2.34. The Labute approximate surface area is 99.4 Å². The molecule has 0 unspecified atom stereocenters. The van der Waals surface area contributed by atoms with Gasteiger partial charge in [0.25, 0.3) is 0 Å². The van der Waals surface area contributed by atoms with Crippen molar-refractivity contribution in [1.29, 1.82) is 0 Å². The summed E-state index contributed by atoms with van der Waals surface area (Å²) in [6, 6.07) is 9.79. The number of benzene rings is 1. The summed E-state index contributed by atoms with van der Waals surface area (Å²) < 4.78 is 8.11. The highest BCUT2D eigenvalue weighted by Crippen LogP contribution is 2.39. The second-order valence-corrected chi connectivity index (χ2v) is 4.92. The van der Waals surface area contributed by atoms with E-state index < -0.39 is 0 Å². The van der Waals surface area contributed by atoms with E-state index in [1.54, 1.807) is 0 Å². The Morgan fingerprint density at radius 1 is 1.25 bits per heavy atom. The van der Waals surface area contributed by atoms with Crippen LogP contribution >= 0.6 is 11.6 Å². The van der Waals surface area contributed by atoms with Crippen molar-refractivity contribution in [1.82, 2.24) is 4.57 Å². The van der Waals surface area contributed by atoms with Crippen LogP contribution in [0, 0.1) is 0 Å². The summed E-state index contributed by atoms with van der Waals surface area (Å²) in [5.74, 6) is 0.873. The van der Waals surface area contributed by atoms with Gasteiger partial charge in [-0.25, -0.2) is 0 Å². The third kappa shape index (κ3) is 1.26. The van der Waals surface area contributed by atoms with Crippen LogP contribution in [-0.4, -0.2) is 4.57 Å². The Hall–Kier alpha value is -1.41. The van der Waals surface area contributed by atoms with Crippen LogP contribution in [-0.2, 0) is 5.60 Å². The van der Waals surface area contributed by atoms with Crippen molar-refractivity contribution in [3.8, 4) is 11.4 Å². The van der Waals surface area contributed by atoms with E-state index in [0.29, 0.717) is 0 Å². The highest BCUT2D eigenvalue weighted by molar-refractivity contribution is 6.30. The fourth-order valence-electron chi connectivity index (χ4n) is 2.17. The van der Waals surface area contributed by atoms with Crippen LogP contribution < -0.4 is 4.74 Å². The zero-order chi connectivity index (χ0) is 11.3. The maximum atomic E-state index is 6.01. The molecule has 3 heteroatoms. The van der Waals surface area contributed by atoms with Crippen LogP contribution in [0.15, 0.2) is 36.5 Å². The van der Waals surface area contributed by atoms with Crippen molar-refractivity contribution in [2.24, 2.45) is 0 Å². The molecule has 82 valence electrons. The molecule has 0 saturated carbocycles. The monoisotopic (exact) mass is 233 g/mol. The van der Waals surface area contributed by atoms with E-state index in [2.05, 4.69) is 24.5 Å². The van der Waals surface area contributed by atoms with E-state index in [-0.39, 0.29) is 5.60 Å². The average Bonchev–Trinajstić information content (AvgIpc) is 2.69. The number of rotatable bonds is 0. The lowest BCUT2D eigenvalue weighted by atomic mass is 10.0. The lowest BCUT2D eigenvalue weighted by molar-refractivity contribution is 0.0925. The van der Waals surface area contributed by atoms with Crippen molar-refractivity contribution in [2.75, 3.05) is 0 Å². The molecule has 2 aromatic rings. The molecule has 0 bridgehead atoms. The molecular weight excluding hydrogens is 222 g/mol. The second-order valence-electron chi connectivity index (χ2n) is 4.49. The van der Waals surface area contributed by atoms with Gasteiger partial charge in [0, 0.05) is 11.2 Å². The average molecular weight is 234 g/mol. The van der Waals surface area contributed by atoms with Gasteiger partial charge in [-0.15, -0.1) is 0 Å². The van der Waals surface area contributed by atoms with Gasteiger partial charge >= 0.3 is 0 Å². The molecule has 0 radical (unpaired) electrons. The quantitative estimate of drug-likeness (QED) is 0.676. The molecule has 0 spiro atoms. The van der Waals surface area contributed by atoms with Gasteiger partial charge in [0.15, 0.2) is 0 Å². The zero-order valence-corrected chi connectivity index (χ0v) is 9.95. The van der Waals surface area contributed by atoms with Gasteiger partial charge in [0.1, 0.15) is 11.4 Å². The molecule has 16 heavy (non-hydrogen) atoms. The molecule has 1 aliphatic rings. The molecule has 3 rings (SSSR count). The number of hydrogen-bond acceptors (Lipinski definition) is 1. The zero-order valence-electron chi connectivity index (χ0n) is 9.20. The maximum absolute atomic E-state index is 6.01. The van der Waals surface area contributed by atoms with E-state index in [1.807, 2.05) is 30.5 Å². The molecule has 0 aliphatic carbocycles. The predicted octanol–water partition coefficient (Wildman–Crippen LogP) is 3.76. The van der Waals surface area contributed by atoms with Crippen LogP contribution in [0.25, 0.3) is 5.69 Å². The number of fused-ring (bicyclic) bond motifs is 3. The number of halogens is 1. The molecule has 1 aromatic heterocycles. The number of hydrogen-bond donors (Lipinski definition) is 0. The van der Waals surface area contributed by atoms with Gasteiger partial charge in [0.05, 0.1) is 11.4 Å². The summed E-state index contributed by atoms with van der Waals surface area (Å²) in [4.78, 5) is 0. The summed E-state index contributed by atoms with van der Waals surface area (Å²) in [7, 11) is 0. The Morgan fingerprint density at radius 2 is 2.06 bits per heavy atom. The molecule has 0 fully saturated rings. The topological polar surface area (TPSA) is 14.2 Å². The second kappa shape index (κ2) is 3.05. The van der Waals surface area contributed by atoms with Crippen LogP contribution in [0.1, 0.15) is 19.5 Å². The first kappa shape index (κ1) is 9.79. The minimum atomic E-state index is -0.301. The van der Waals surface area contributed by atoms with Crippen LogP contribution in [0.4, 0.5) is 0 Å². The Morgan fingerprint density at radius 3 is 2.88 bits per heavy atom. The van der Waals surface area contributed by atoms with Gasteiger partial charge in [-0.1, -0.05) is 11.6 Å². The summed E-state index contributed by atoms with van der Waals surface area (Å²) in [6.45, 7) is 4.13. The van der Waals surface area contributed by atoms with Crippen LogP contribution in [0.3, 0.4) is 0 Å². The van der Waals surface area contributed by atoms with Gasteiger partial charge in [0.2, 0.25) is 0 Å². The third-order valence-electron chi connectivity index (χ3n) is 2.91. The highest BCUT2D eigenvalue weighted by atomic mass is 35.5. The lowest BCUT2D eigenvalue weighted by Gasteiger charge is -2.34. The fraction of sp³-hybridized carbons (Fsp3) is 0.231. The molecule has 2 nitrogen and oxygen atoms in total. The van der Waals surface area contributed by atoms with Crippen molar-refractivity contribution in [2.45, 2.75) is 19.4 Å². The van der Waals surface area contributed by atoms with Gasteiger partial charge < -0.3 is 9.30 Å². The van der Waals surface area contributed by atoms with Crippen molar-refractivity contribution in [3.05, 3.63) is 47.2 Å². The molecule has 0 saturated heterocycles. The highest BCUT2D eigenvalue weighted by Gasteiger charge is 2.32. The molecule has 1 aromatic carbocycles. The number of aromatic nitrogens is 1. The van der Waals surface area contributed by atoms with Gasteiger partial charge in [-0.05, 0) is 44.2 Å². The molecule has 0 N–H and O–H groups in total. The summed E-state index contributed by atoms with van der Waals surface area (Å²) in [5.41, 5.74) is 1.85. The van der Waals surface area contributed by atoms with E-state index in [9.17, 15) is 0 Å². The first-order valence-electron chi connectivity index (χ1n) is 5.25.